The molecule has 2 aromatic rings. The van der Waals surface area contributed by atoms with E-state index in [0.29, 0.717) is 6.54 Å². The molecule has 4 nitrogen and oxygen atoms in total. The Hall–Kier alpha value is -1.84. The minimum atomic E-state index is -0.960. The number of aryl methyl sites for hydroxylation is 2. The molecule has 0 aliphatic rings. The molecule has 1 aromatic heterocycles. The number of rotatable bonds is 3. The van der Waals surface area contributed by atoms with Crippen LogP contribution in [0.4, 0.5) is 0 Å². The number of aromatic carboxylic acids is 1. The van der Waals surface area contributed by atoms with E-state index >= 15 is 0 Å². The molecule has 2 rings (SSSR count). The quantitative estimate of drug-likeness (QED) is 0.860. The van der Waals surface area contributed by atoms with Crippen molar-refractivity contribution in [3.63, 3.8) is 0 Å². The summed E-state index contributed by atoms with van der Waals surface area (Å²) in [6, 6.07) is 5.81. The first-order valence-corrected chi connectivity index (χ1v) is 5.40. The molecule has 84 valence electrons. The van der Waals surface area contributed by atoms with E-state index in [1.807, 2.05) is 32.0 Å². The third kappa shape index (κ3) is 1.46. The van der Waals surface area contributed by atoms with E-state index < -0.39 is 5.97 Å². The molecule has 0 spiro atoms. The molecule has 0 unspecified atom stereocenters. The summed E-state index contributed by atoms with van der Waals surface area (Å²) in [4.78, 5) is 11.1. The predicted molar refractivity (Wildman–Crippen MR) is 61.7 cm³/mol. The van der Waals surface area contributed by atoms with Gasteiger partial charge in [-0.3, -0.25) is 4.68 Å². The van der Waals surface area contributed by atoms with Crippen LogP contribution in [0.2, 0.25) is 0 Å². The molecule has 4 heteroatoms. The maximum Gasteiger partial charge on any atom is 0.357 e. The molecule has 0 saturated heterocycles. The first-order chi connectivity index (χ1) is 7.69. The molecule has 16 heavy (non-hydrogen) atoms. The van der Waals surface area contributed by atoms with Crippen LogP contribution in [0.5, 0.6) is 0 Å². The molecule has 0 aliphatic heterocycles. The first-order valence-electron chi connectivity index (χ1n) is 5.40. The summed E-state index contributed by atoms with van der Waals surface area (Å²) in [6.07, 6.45) is 0.813. The van der Waals surface area contributed by atoms with Crippen LogP contribution in [0.15, 0.2) is 18.2 Å². The van der Waals surface area contributed by atoms with Gasteiger partial charge in [-0.1, -0.05) is 19.1 Å². The Bertz CT molecular complexity index is 543. The van der Waals surface area contributed by atoms with Gasteiger partial charge in [-0.25, -0.2) is 4.79 Å². The molecule has 0 aliphatic carbocycles. The molecule has 0 fully saturated rings. The number of hydrogen-bond acceptors (Lipinski definition) is 2. The smallest absolute Gasteiger partial charge is 0.357 e. The van der Waals surface area contributed by atoms with Crippen molar-refractivity contribution in [1.82, 2.24) is 9.78 Å². The van der Waals surface area contributed by atoms with Crippen LogP contribution in [-0.2, 0) is 13.0 Å². The monoisotopic (exact) mass is 218 g/mol. The highest BCUT2D eigenvalue weighted by Crippen LogP contribution is 2.23. The first kappa shape index (κ1) is 10.7. The zero-order valence-corrected chi connectivity index (χ0v) is 9.40. The van der Waals surface area contributed by atoms with Crippen molar-refractivity contribution in [2.75, 3.05) is 0 Å². The zero-order chi connectivity index (χ0) is 11.7. The second-order valence-electron chi connectivity index (χ2n) is 3.63. The number of fused-ring (bicyclic) bond motifs is 1. The summed E-state index contributed by atoms with van der Waals surface area (Å²) < 4.78 is 1.73. The molecule has 1 heterocycles. The lowest BCUT2D eigenvalue weighted by Crippen LogP contribution is -2.01. The lowest BCUT2D eigenvalue weighted by Gasteiger charge is -2.01. The maximum absolute atomic E-state index is 11.1. The van der Waals surface area contributed by atoms with Crippen LogP contribution in [0.3, 0.4) is 0 Å². The fourth-order valence-electron chi connectivity index (χ4n) is 1.99. The molecule has 0 bridgehead atoms. The van der Waals surface area contributed by atoms with Crippen LogP contribution in [0.1, 0.15) is 29.9 Å². The average molecular weight is 218 g/mol. The van der Waals surface area contributed by atoms with Gasteiger partial charge in [-0.15, -0.1) is 0 Å². The summed E-state index contributed by atoms with van der Waals surface area (Å²) in [5.41, 5.74) is 2.10. The van der Waals surface area contributed by atoms with Crippen molar-refractivity contribution >= 4 is 16.9 Å². The van der Waals surface area contributed by atoms with Gasteiger partial charge in [-0.05, 0) is 25.0 Å². The standard InChI is InChI=1S/C12H14N2O2/c1-3-8-6-5-7-9-10(8)11(12(15)16)13-14(9)4-2/h5-7H,3-4H2,1-2H3,(H,15,16). The summed E-state index contributed by atoms with van der Waals surface area (Å²) in [7, 11) is 0. The topological polar surface area (TPSA) is 55.1 Å². The number of benzene rings is 1. The zero-order valence-electron chi connectivity index (χ0n) is 9.40. The SMILES string of the molecule is CCc1cccc2c1c(C(=O)O)nn2CC. The lowest BCUT2D eigenvalue weighted by atomic mass is 10.1. The summed E-state index contributed by atoms with van der Waals surface area (Å²) in [5, 5.41) is 14.0. The lowest BCUT2D eigenvalue weighted by molar-refractivity contribution is 0.0691. The highest BCUT2D eigenvalue weighted by molar-refractivity contribution is 6.02. The van der Waals surface area contributed by atoms with E-state index in [9.17, 15) is 4.79 Å². The van der Waals surface area contributed by atoms with Crippen LogP contribution in [0, 0.1) is 0 Å². The highest BCUT2D eigenvalue weighted by atomic mass is 16.4. The Labute approximate surface area is 93.5 Å². The largest absolute Gasteiger partial charge is 0.476 e. The van der Waals surface area contributed by atoms with Gasteiger partial charge in [-0.2, -0.15) is 5.10 Å². The normalized spacial score (nSPS) is 10.9. The summed E-state index contributed by atoms with van der Waals surface area (Å²) >= 11 is 0. The van der Waals surface area contributed by atoms with Crippen LogP contribution >= 0.6 is 0 Å². The van der Waals surface area contributed by atoms with E-state index in [0.717, 1.165) is 22.9 Å². The summed E-state index contributed by atoms with van der Waals surface area (Å²) in [6.45, 7) is 4.65. The average Bonchev–Trinajstić information content (AvgIpc) is 2.67. The number of aromatic nitrogens is 2. The number of hydrogen-bond donors (Lipinski definition) is 1. The van der Waals surface area contributed by atoms with Crippen molar-refractivity contribution < 1.29 is 9.90 Å². The Morgan fingerprint density at radius 3 is 2.75 bits per heavy atom. The second-order valence-corrected chi connectivity index (χ2v) is 3.63. The summed E-state index contributed by atoms with van der Waals surface area (Å²) in [5.74, 6) is -0.960. The Balaban J connectivity index is 2.85. The van der Waals surface area contributed by atoms with Gasteiger partial charge in [0.1, 0.15) is 0 Å². The van der Waals surface area contributed by atoms with Crippen molar-refractivity contribution in [2.45, 2.75) is 26.8 Å². The molecular formula is C12H14N2O2. The van der Waals surface area contributed by atoms with Crippen molar-refractivity contribution in [2.24, 2.45) is 0 Å². The maximum atomic E-state index is 11.1. The Kier molecular flexibility index (Phi) is 2.64. The van der Waals surface area contributed by atoms with E-state index in [1.54, 1.807) is 4.68 Å². The molecular weight excluding hydrogens is 204 g/mol. The Morgan fingerprint density at radius 2 is 2.19 bits per heavy atom. The van der Waals surface area contributed by atoms with Crippen LogP contribution in [0.25, 0.3) is 10.9 Å². The fraction of sp³-hybridized carbons (Fsp3) is 0.333. The van der Waals surface area contributed by atoms with Gasteiger partial charge in [0, 0.05) is 11.9 Å². The molecule has 1 aromatic carbocycles. The van der Waals surface area contributed by atoms with Gasteiger partial charge >= 0.3 is 5.97 Å². The van der Waals surface area contributed by atoms with E-state index in [4.69, 9.17) is 5.11 Å². The van der Waals surface area contributed by atoms with E-state index in [2.05, 4.69) is 5.10 Å². The molecule has 1 N–H and O–H groups in total. The third-order valence-corrected chi connectivity index (χ3v) is 2.75. The predicted octanol–water partition coefficient (Wildman–Crippen LogP) is 2.32. The van der Waals surface area contributed by atoms with Crippen molar-refractivity contribution in [3.05, 3.63) is 29.5 Å². The van der Waals surface area contributed by atoms with Crippen LogP contribution in [-0.4, -0.2) is 20.9 Å². The van der Waals surface area contributed by atoms with Crippen molar-refractivity contribution in [1.29, 1.82) is 0 Å². The number of nitrogens with zero attached hydrogens (tertiary/aromatic N) is 2. The van der Waals surface area contributed by atoms with Gasteiger partial charge in [0.15, 0.2) is 5.69 Å². The fourth-order valence-corrected chi connectivity index (χ4v) is 1.99. The number of carboxylic acids is 1. The molecule has 0 radical (unpaired) electrons. The number of carbonyl (C=O) groups is 1. The van der Waals surface area contributed by atoms with Gasteiger partial charge < -0.3 is 5.11 Å². The highest BCUT2D eigenvalue weighted by Gasteiger charge is 2.17. The molecule has 0 amide bonds. The van der Waals surface area contributed by atoms with Crippen LogP contribution < -0.4 is 0 Å². The second kappa shape index (κ2) is 3.96. The Morgan fingerprint density at radius 1 is 1.44 bits per heavy atom. The molecule has 0 atom stereocenters. The van der Waals surface area contributed by atoms with Gasteiger partial charge in [0.2, 0.25) is 0 Å². The molecule has 0 saturated carbocycles. The van der Waals surface area contributed by atoms with E-state index in [1.165, 1.54) is 0 Å². The third-order valence-electron chi connectivity index (χ3n) is 2.75. The minimum absolute atomic E-state index is 0.161. The minimum Gasteiger partial charge on any atom is -0.476 e. The van der Waals surface area contributed by atoms with E-state index in [-0.39, 0.29) is 5.69 Å². The number of carboxylic acid groups (broad SMARTS) is 1. The van der Waals surface area contributed by atoms with Gasteiger partial charge in [0.25, 0.3) is 0 Å². The van der Waals surface area contributed by atoms with Gasteiger partial charge in [0.05, 0.1) is 5.52 Å². The van der Waals surface area contributed by atoms with Crippen molar-refractivity contribution in [3.8, 4) is 0 Å².